The van der Waals surface area contributed by atoms with Crippen LogP contribution in [0.5, 0.6) is 11.5 Å². The molecule has 20 heavy (non-hydrogen) atoms. The van der Waals surface area contributed by atoms with E-state index in [-0.39, 0.29) is 0 Å². The van der Waals surface area contributed by atoms with Crippen LogP contribution in [-0.2, 0) is 4.79 Å². The minimum atomic E-state index is -0.421. The first-order chi connectivity index (χ1) is 9.79. The van der Waals surface area contributed by atoms with Crippen LogP contribution in [0.3, 0.4) is 0 Å². The van der Waals surface area contributed by atoms with Gasteiger partial charge in [-0.2, -0.15) is 0 Å². The van der Waals surface area contributed by atoms with Gasteiger partial charge in [-0.3, -0.25) is 0 Å². The molecule has 4 heteroatoms. The first-order valence-corrected chi connectivity index (χ1v) is 6.23. The molecule has 0 unspecified atom stereocenters. The number of carbonyl (C=O) groups excluding carboxylic acids is 2. The van der Waals surface area contributed by atoms with Crippen LogP contribution < -0.4 is 9.47 Å². The molecule has 102 valence electrons. The van der Waals surface area contributed by atoms with Crippen LogP contribution in [0.15, 0.2) is 54.6 Å². The van der Waals surface area contributed by atoms with Crippen molar-refractivity contribution in [2.24, 2.45) is 0 Å². The van der Waals surface area contributed by atoms with Gasteiger partial charge in [0.2, 0.25) is 0 Å². The SMILES string of the molecule is O=CCCOc1ccc(C(=O)Oc2ccccc2)cc1. The summed E-state index contributed by atoms with van der Waals surface area (Å²) < 4.78 is 10.5. The number of ether oxygens (including phenoxy) is 2. The van der Waals surface area contributed by atoms with Crippen LogP contribution in [0, 0.1) is 0 Å². The lowest BCUT2D eigenvalue weighted by molar-refractivity contribution is -0.108. The van der Waals surface area contributed by atoms with Gasteiger partial charge in [-0.25, -0.2) is 4.79 Å². The lowest BCUT2D eigenvalue weighted by Crippen LogP contribution is -2.08. The monoisotopic (exact) mass is 270 g/mol. The molecule has 2 aromatic carbocycles. The molecule has 4 nitrogen and oxygen atoms in total. The summed E-state index contributed by atoms with van der Waals surface area (Å²) in [5, 5.41) is 0. The predicted octanol–water partition coefficient (Wildman–Crippen LogP) is 2.87. The fourth-order valence-electron chi connectivity index (χ4n) is 1.57. The van der Waals surface area contributed by atoms with Gasteiger partial charge in [-0.1, -0.05) is 18.2 Å². The first kappa shape index (κ1) is 13.8. The maximum atomic E-state index is 11.9. The van der Waals surface area contributed by atoms with Crippen molar-refractivity contribution in [2.75, 3.05) is 6.61 Å². The molecule has 0 fully saturated rings. The minimum absolute atomic E-state index is 0.331. The third-order valence-electron chi connectivity index (χ3n) is 2.55. The zero-order valence-electron chi connectivity index (χ0n) is 10.8. The summed E-state index contributed by atoms with van der Waals surface area (Å²) in [4.78, 5) is 22.0. The van der Waals surface area contributed by atoms with Crippen molar-refractivity contribution in [2.45, 2.75) is 6.42 Å². The van der Waals surface area contributed by atoms with Crippen molar-refractivity contribution < 1.29 is 19.1 Å². The Kier molecular flexibility index (Phi) is 4.89. The summed E-state index contributed by atoms with van der Waals surface area (Å²) in [5.41, 5.74) is 0.441. The van der Waals surface area contributed by atoms with E-state index in [1.165, 1.54) is 0 Å². The molecule has 0 bridgehead atoms. The molecule has 0 amide bonds. The molecule has 0 spiro atoms. The van der Waals surface area contributed by atoms with Gasteiger partial charge >= 0.3 is 5.97 Å². The van der Waals surface area contributed by atoms with Crippen LogP contribution in [-0.4, -0.2) is 18.9 Å². The highest BCUT2D eigenvalue weighted by Gasteiger charge is 2.08. The lowest BCUT2D eigenvalue weighted by atomic mass is 10.2. The maximum absolute atomic E-state index is 11.9. The van der Waals surface area contributed by atoms with Gasteiger partial charge in [0.25, 0.3) is 0 Å². The maximum Gasteiger partial charge on any atom is 0.343 e. The van der Waals surface area contributed by atoms with E-state index >= 15 is 0 Å². The molecule has 0 aliphatic rings. The number of rotatable bonds is 6. The summed E-state index contributed by atoms with van der Waals surface area (Å²) in [6, 6.07) is 15.5. The van der Waals surface area contributed by atoms with Gasteiger partial charge in [0, 0.05) is 6.42 Å². The Morgan fingerprint density at radius 2 is 1.65 bits per heavy atom. The number of benzene rings is 2. The molecule has 0 aromatic heterocycles. The molecular weight excluding hydrogens is 256 g/mol. The number of esters is 1. The Bertz CT molecular complexity index is 561. The molecule has 2 rings (SSSR count). The normalized spacial score (nSPS) is 9.80. The average Bonchev–Trinajstić information content (AvgIpc) is 2.49. The van der Waals surface area contributed by atoms with Crippen molar-refractivity contribution in [3.8, 4) is 11.5 Å². The summed E-state index contributed by atoms with van der Waals surface area (Å²) in [7, 11) is 0. The van der Waals surface area contributed by atoms with Gasteiger partial charge in [0.1, 0.15) is 17.8 Å². The number of aldehydes is 1. The number of hydrogen-bond acceptors (Lipinski definition) is 4. The van der Waals surface area contributed by atoms with Gasteiger partial charge in [0.05, 0.1) is 12.2 Å². The van der Waals surface area contributed by atoms with E-state index in [4.69, 9.17) is 9.47 Å². The van der Waals surface area contributed by atoms with E-state index in [1.54, 1.807) is 48.5 Å². The molecular formula is C16H14O4. The third-order valence-corrected chi connectivity index (χ3v) is 2.55. The molecule has 0 aliphatic carbocycles. The largest absolute Gasteiger partial charge is 0.493 e. The quantitative estimate of drug-likeness (QED) is 0.350. The average molecular weight is 270 g/mol. The van der Waals surface area contributed by atoms with E-state index < -0.39 is 5.97 Å². The zero-order chi connectivity index (χ0) is 14.2. The van der Waals surface area contributed by atoms with Crippen LogP contribution in [0.25, 0.3) is 0 Å². The molecule has 0 aliphatic heterocycles. The lowest BCUT2D eigenvalue weighted by Gasteiger charge is -2.06. The van der Waals surface area contributed by atoms with Crippen molar-refractivity contribution >= 4 is 12.3 Å². The van der Waals surface area contributed by atoms with E-state index in [2.05, 4.69) is 0 Å². The molecule has 0 saturated carbocycles. The smallest absolute Gasteiger partial charge is 0.343 e. The van der Waals surface area contributed by atoms with E-state index in [0.717, 1.165) is 6.29 Å². The standard InChI is InChI=1S/C16H14O4/c17-11-4-12-19-14-9-7-13(8-10-14)16(18)20-15-5-2-1-3-6-15/h1-3,5-11H,4,12H2. The highest BCUT2D eigenvalue weighted by molar-refractivity contribution is 5.91. The Balaban J connectivity index is 1.95. The topological polar surface area (TPSA) is 52.6 Å². The summed E-state index contributed by atoms with van der Waals surface area (Å²) in [6.07, 6.45) is 1.14. The Morgan fingerprint density at radius 1 is 0.950 bits per heavy atom. The van der Waals surface area contributed by atoms with Gasteiger partial charge in [-0.05, 0) is 36.4 Å². The summed E-state index contributed by atoms with van der Waals surface area (Å²) in [6.45, 7) is 0.331. The van der Waals surface area contributed by atoms with Crippen LogP contribution in [0.1, 0.15) is 16.8 Å². The molecule has 0 saturated heterocycles. The van der Waals surface area contributed by atoms with Gasteiger partial charge in [-0.15, -0.1) is 0 Å². The fraction of sp³-hybridized carbons (Fsp3) is 0.125. The van der Waals surface area contributed by atoms with Gasteiger partial charge < -0.3 is 14.3 Å². The molecule has 0 atom stereocenters. The van der Waals surface area contributed by atoms with E-state index in [1.807, 2.05) is 6.07 Å². The third kappa shape index (κ3) is 3.95. The van der Waals surface area contributed by atoms with Crippen LogP contribution in [0.2, 0.25) is 0 Å². The highest BCUT2D eigenvalue weighted by Crippen LogP contribution is 2.15. The van der Waals surface area contributed by atoms with Crippen molar-refractivity contribution in [1.82, 2.24) is 0 Å². The van der Waals surface area contributed by atoms with Crippen molar-refractivity contribution in [3.63, 3.8) is 0 Å². The minimum Gasteiger partial charge on any atom is -0.493 e. The van der Waals surface area contributed by atoms with Crippen molar-refractivity contribution in [1.29, 1.82) is 0 Å². The van der Waals surface area contributed by atoms with E-state index in [9.17, 15) is 9.59 Å². The molecule has 2 aromatic rings. The van der Waals surface area contributed by atoms with Crippen LogP contribution in [0.4, 0.5) is 0 Å². The molecule has 0 radical (unpaired) electrons. The van der Waals surface area contributed by atoms with Crippen molar-refractivity contribution in [3.05, 3.63) is 60.2 Å². The van der Waals surface area contributed by atoms with Gasteiger partial charge in [0.15, 0.2) is 0 Å². The fourth-order valence-corrected chi connectivity index (χ4v) is 1.57. The zero-order valence-corrected chi connectivity index (χ0v) is 10.8. The number of para-hydroxylation sites is 1. The molecule has 0 heterocycles. The number of carbonyl (C=O) groups is 2. The Morgan fingerprint density at radius 3 is 2.30 bits per heavy atom. The first-order valence-electron chi connectivity index (χ1n) is 6.23. The Labute approximate surface area is 116 Å². The predicted molar refractivity (Wildman–Crippen MR) is 74.0 cm³/mol. The summed E-state index contributed by atoms with van der Waals surface area (Å²) in [5.74, 6) is 0.697. The summed E-state index contributed by atoms with van der Waals surface area (Å²) >= 11 is 0. The second-order valence-electron chi connectivity index (χ2n) is 4.03. The second-order valence-corrected chi connectivity index (χ2v) is 4.03. The molecule has 0 N–H and O–H groups in total. The van der Waals surface area contributed by atoms with Crippen LogP contribution >= 0.6 is 0 Å². The number of hydrogen-bond donors (Lipinski definition) is 0. The van der Waals surface area contributed by atoms with E-state index in [0.29, 0.717) is 30.1 Å². The highest BCUT2D eigenvalue weighted by atomic mass is 16.5. The Hall–Kier alpha value is -2.62. The second kappa shape index (κ2) is 7.09.